The number of hydrogen-bond donors (Lipinski definition) is 2. The molecule has 7 heteroatoms. The number of nitrogens with zero attached hydrogens (tertiary/aromatic N) is 1. The number of carbonyl (C=O) groups is 1. The molecule has 0 saturated heterocycles. The van der Waals surface area contributed by atoms with Gasteiger partial charge in [0.25, 0.3) is 5.91 Å². The predicted molar refractivity (Wildman–Crippen MR) is 64.6 cm³/mol. The Morgan fingerprint density at radius 1 is 1.42 bits per heavy atom. The Morgan fingerprint density at radius 2 is 2.05 bits per heavy atom. The Hall–Kier alpha value is -1.76. The third-order valence-electron chi connectivity index (χ3n) is 2.51. The lowest BCUT2D eigenvalue weighted by molar-refractivity contribution is -0.141. The van der Waals surface area contributed by atoms with Crippen LogP contribution in [-0.4, -0.2) is 41.8 Å². The summed E-state index contributed by atoms with van der Waals surface area (Å²) in [4.78, 5) is 12.6. The van der Waals surface area contributed by atoms with Gasteiger partial charge in [-0.3, -0.25) is 4.79 Å². The van der Waals surface area contributed by atoms with E-state index < -0.39 is 25.2 Å². The van der Waals surface area contributed by atoms with Crippen LogP contribution in [-0.2, 0) is 0 Å². The summed E-state index contributed by atoms with van der Waals surface area (Å²) in [5, 5.41) is 8.76. The molecule has 0 aliphatic heterocycles. The predicted octanol–water partition coefficient (Wildman–Crippen LogP) is 1.57. The Morgan fingerprint density at radius 3 is 2.53 bits per heavy atom. The van der Waals surface area contributed by atoms with E-state index in [2.05, 4.69) is 0 Å². The van der Waals surface area contributed by atoms with Crippen LogP contribution in [0.4, 0.5) is 18.9 Å². The van der Waals surface area contributed by atoms with Gasteiger partial charge in [0.2, 0.25) is 0 Å². The van der Waals surface area contributed by atoms with Gasteiger partial charge in [0.05, 0.1) is 6.61 Å². The average molecular weight is 276 g/mol. The number of aliphatic hydroxyl groups is 1. The largest absolute Gasteiger partial charge is 0.406 e. The number of halogens is 3. The summed E-state index contributed by atoms with van der Waals surface area (Å²) < 4.78 is 37.1. The first kappa shape index (κ1) is 15.3. The number of anilines is 1. The molecule has 0 bridgehead atoms. The fourth-order valence-electron chi connectivity index (χ4n) is 1.69. The van der Waals surface area contributed by atoms with Crippen LogP contribution in [0.25, 0.3) is 0 Å². The van der Waals surface area contributed by atoms with Crippen LogP contribution in [0.15, 0.2) is 18.2 Å². The molecule has 0 fully saturated rings. The highest BCUT2D eigenvalue weighted by atomic mass is 19.4. The molecule has 4 nitrogen and oxygen atoms in total. The van der Waals surface area contributed by atoms with Gasteiger partial charge in [-0.05, 0) is 30.7 Å². The highest BCUT2D eigenvalue weighted by Gasteiger charge is 2.33. The number of carbonyl (C=O) groups excluding carboxylic acids is 1. The van der Waals surface area contributed by atoms with Crippen LogP contribution in [0.2, 0.25) is 0 Å². The maximum atomic E-state index is 12.4. The molecule has 19 heavy (non-hydrogen) atoms. The minimum Gasteiger partial charge on any atom is -0.399 e. The number of alkyl halides is 3. The Kier molecular flexibility index (Phi) is 4.77. The summed E-state index contributed by atoms with van der Waals surface area (Å²) in [6.07, 6.45) is -4.51. The monoisotopic (exact) mass is 276 g/mol. The van der Waals surface area contributed by atoms with E-state index in [1.54, 1.807) is 6.92 Å². The fraction of sp³-hybridized carbons (Fsp3) is 0.417. The number of amides is 1. The van der Waals surface area contributed by atoms with Crippen molar-refractivity contribution in [3.63, 3.8) is 0 Å². The average Bonchev–Trinajstić information content (AvgIpc) is 2.26. The highest BCUT2D eigenvalue weighted by Crippen LogP contribution is 2.20. The smallest absolute Gasteiger partial charge is 0.399 e. The second-order valence-corrected chi connectivity index (χ2v) is 4.14. The van der Waals surface area contributed by atoms with Crippen LogP contribution < -0.4 is 5.73 Å². The SMILES string of the molecule is Cc1cc(N)ccc1C(=O)N(CCO)CC(F)(F)F. The summed E-state index contributed by atoms with van der Waals surface area (Å²) in [6.45, 7) is -0.706. The topological polar surface area (TPSA) is 66.6 Å². The Bertz CT molecular complexity index is 461. The number of aryl methyl sites for hydroxylation is 1. The molecule has 106 valence electrons. The van der Waals surface area contributed by atoms with E-state index in [4.69, 9.17) is 10.8 Å². The summed E-state index contributed by atoms with van der Waals surface area (Å²) in [5.41, 5.74) is 6.59. The summed E-state index contributed by atoms with van der Waals surface area (Å²) >= 11 is 0. The van der Waals surface area contributed by atoms with E-state index in [1.165, 1.54) is 18.2 Å². The van der Waals surface area contributed by atoms with Crippen LogP contribution >= 0.6 is 0 Å². The van der Waals surface area contributed by atoms with Crippen molar-refractivity contribution in [1.82, 2.24) is 4.90 Å². The maximum Gasteiger partial charge on any atom is 0.406 e. The van der Waals surface area contributed by atoms with Gasteiger partial charge in [-0.25, -0.2) is 0 Å². The summed E-state index contributed by atoms with van der Waals surface area (Å²) in [6, 6.07) is 4.34. The van der Waals surface area contributed by atoms with Gasteiger partial charge in [0.15, 0.2) is 0 Å². The first-order valence-corrected chi connectivity index (χ1v) is 5.57. The lowest BCUT2D eigenvalue weighted by atomic mass is 10.1. The number of rotatable bonds is 4. The number of hydrogen-bond acceptors (Lipinski definition) is 3. The van der Waals surface area contributed by atoms with Crippen molar-refractivity contribution < 1.29 is 23.1 Å². The Balaban J connectivity index is 2.99. The standard InChI is InChI=1S/C12H15F3N2O2/c1-8-6-9(16)2-3-10(8)11(19)17(4-5-18)7-12(13,14)15/h2-3,6,18H,4-5,7,16H2,1H3. The van der Waals surface area contributed by atoms with E-state index in [0.717, 1.165) is 0 Å². The van der Waals surface area contributed by atoms with Crippen molar-refractivity contribution in [2.45, 2.75) is 13.1 Å². The van der Waals surface area contributed by atoms with Crippen molar-refractivity contribution >= 4 is 11.6 Å². The second-order valence-electron chi connectivity index (χ2n) is 4.14. The second kappa shape index (κ2) is 5.92. The third kappa shape index (κ3) is 4.44. The number of benzene rings is 1. The molecule has 0 radical (unpaired) electrons. The van der Waals surface area contributed by atoms with Gasteiger partial charge >= 0.3 is 6.18 Å². The molecule has 0 atom stereocenters. The van der Waals surface area contributed by atoms with E-state index in [0.29, 0.717) is 16.2 Å². The molecule has 0 heterocycles. The molecule has 0 aromatic heterocycles. The molecular formula is C12H15F3N2O2. The van der Waals surface area contributed by atoms with Gasteiger partial charge in [0, 0.05) is 17.8 Å². The van der Waals surface area contributed by atoms with Gasteiger partial charge < -0.3 is 15.7 Å². The zero-order chi connectivity index (χ0) is 14.6. The zero-order valence-corrected chi connectivity index (χ0v) is 10.4. The normalized spacial score (nSPS) is 11.4. The molecule has 0 aliphatic carbocycles. The quantitative estimate of drug-likeness (QED) is 0.820. The molecular weight excluding hydrogens is 261 g/mol. The van der Waals surface area contributed by atoms with Crippen LogP contribution in [0.1, 0.15) is 15.9 Å². The van der Waals surface area contributed by atoms with Crippen molar-refractivity contribution in [3.8, 4) is 0 Å². The summed E-state index contributed by atoms with van der Waals surface area (Å²) in [7, 11) is 0. The van der Waals surface area contributed by atoms with Gasteiger partial charge in [-0.2, -0.15) is 13.2 Å². The van der Waals surface area contributed by atoms with Crippen LogP contribution in [0.5, 0.6) is 0 Å². The fourth-order valence-corrected chi connectivity index (χ4v) is 1.69. The number of nitrogen functional groups attached to an aromatic ring is 1. The van der Waals surface area contributed by atoms with Crippen molar-refractivity contribution in [2.75, 3.05) is 25.4 Å². The molecule has 1 aromatic carbocycles. The first-order valence-electron chi connectivity index (χ1n) is 5.57. The molecule has 0 spiro atoms. The molecule has 1 rings (SSSR count). The van der Waals surface area contributed by atoms with E-state index >= 15 is 0 Å². The molecule has 0 unspecified atom stereocenters. The van der Waals surface area contributed by atoms with Crippen LogP contribution in [0.3, 0.4) is 0 Å². The molecule has 0 aliphatic rings. The Labute approximate surface area is 108 Å². The third-order valence-corrected chi connectivity index (χ3v) is 2.51. The number of nitrogens with two attached hydrogens (primary N) is 1. The first-order chi connectivity index (χ1) is 8.74. The van der Waals surface area contributed by atoms with Gasteiger partial charge in [0.1, 0.15) is 6.54 Å². The molecule has 3 N–H and O–H groups in total. The lowest BCUT2D eigenvalue weighted by Gasteiger charge is -2.23. The van der Waals surface area contributed by atoms with E-state index in [1.807, 2.05) is 0 Å². The maximum absolute atomic E-state index is 12.4. The van der Waals surface area contributed by atoms with Gasteiger partial charge in [-0.15, -0.1) is 0 Å². The summed E-state index contributed by atoms with van der Waals surface area (Å²) in [5.74, 6) is -0.774. The molecule has 1 amide bonds. The van der Waals surface area contributed by atoms with Crippen LogP contribution in [0, 0.1) is 6.92 Å². The number of aliphatic hydroxyl groups excluding tert-OH is 1. The van der Waals surface area contributed by atoms with Crippen molar-refractivity contribution in [3.05, 3.63) is 29.3 Å². The molecule has 1 aromatic rings. The van der Waals surface area contributed by atoms with E-state index in [9.17, 15) is 18.0 Å². The van der Waals surface area contributed by atoms with Crippen molar-refractivity contribution in [1.29, 1.82) is 0 Å². The molecule has 0 saturated carbocycles. The van der Waals surface area contributed by atoms with Gasteiger partial charge in [-0.1, -0.05) is 0 Å². The lowest BCUT2D eigenvalue weighted by Crippen LogP contribution is -2.40. The van der Waals surface area contributed by atoms with Crippen molar-refractivity contribution in [2.24, 2.45) is 0 Å². The zero-order valence-electron chi connectivity index (χ0n) is 10.4. The minimum absolute atomic E-state index is 0.145. The highest BCUT2D eigenvalue weighted by molar-refractivity contribution is 5.96. The van der Waals surface area contributed by atoms with E-state index in [-0.39, 0.29) is 12.1 Å². The minimum atomic E-state index is -4.51.